The van der Waals surface area contributed by atoms with Crippen molar-refractivity contribution >= 4 is 15.9 Å². The molecule has 2 heteroatoms. The van der Waals surface area contributed by atoms with Crippen molar-refractivity contribution in [2.45, 2.75) is 52.6 Å². The molecule has 0 aromatic rings. The summed E-state index contributed by atoms with van der Waals surface area (Å²) in [5.41, 5.74) is 0.0636. The fourth-order valence-electron chi connectivity index (χ4n) is 0.969. The molecule has 0 aromatic heterocycles. The zero-order valence-electron chi connectivity index (χ0n) is 9.40. The van der Waals surface area contributed by atoms with E-state index in [2.05, 4.69) is 43.6 Å². The number of hydrogen-bond acceptors (Lipinski definition) is 1. The summed E-state index contributed by atoms with van der Waals surface area (Å²) in [5.74, 6) is 0.770. The zero-order valence-corrected chi connectivity index (χ0v) is 11.0. The fraction of sp³-hybridized carbons (Fsp3) is 1.00. The maximum Gasteiger partial charge on any atom is 0.0623 e. The summed E-state index contributed by atoms with van der Waals surface area (Å²) in [6, 6.07) is 0. The van der Waals surface area contributed by atoms with E-state index in [4.69, 9.17) is 4.74 Å². The number of hydrogen-bond donors (Lipinski definition) is 0. The average molecular weight is 251 g/mol. The van der Waals surface area contributed by atoms with E-state index in [1.54, 1.807) is 0 Å². The molecule has 0 aliphatic carbocycles. The Kier molecular flexibility index (Phi) is 7.06. The first-order chi connectivity index (χ1) is 6.02. The molecule has 0 fully saturated rings. The van der Waals surface area contributed by atoms with Crippen molar-refractivity contribution in [2.75, 3.05) is 11.9 Å². The van der Waals surface area contributed by atoms with Crippen LogP contribution in [0.1, 0.15) is 47.0 Å². The molecule has 0 N–H and O–H groups in total. The van der Waals surface area contributed by atoms with Gasteiger partial charge in [-0.2, -0.15) is 0 Å². The minimum atomic E-state index is 0.0636. The van der Waals surface area contributed by atoms with Crippen molar-refractivity contribution < 1.29 is 4.74 Å². The largest absolute Gasteiger partial charge is 0.376 e. The molecule has 0 radical (unpaired) electrons. The van der Waals surface area contributed by atoms with Gasteiger partial charge in [0.25, 0.3) is 0 Å². The second kappa shape index (κ2) is 6.83. The molecule has 0 rings (SSSR count). The zero-order chi connectivity index (χ0) is 10.3. The van der Waals surface area contributed by atoms with Gasteiger partial charge in [-0.15, -0.1) is 0 Å². The van der Waals surface area contributed by atoms with E-state index < -0.39 is 0 Å². The van der Waals surface area contributed by atoms with Crippen molar-refractivity contribution in [3.8, 4) is 0 Å². The maximum atomic E-state index is 5.78. The molecule has 0 saturated carbocycles. The highest BCUT2D eigenvalue weighted by atomic mass is 79.9. The highest BCUT2D eigenvalue weighted by Crippen LogP contribution is 2.16. The highest BCUT2D eigenvalue weighted by molar-refractivity contribution is 9.09. The van der Waals surface area contributed by atoms with Crippen LogP contribution in [0.3, 0.4) is 0 Å². The van der Waals surface area contributed by atoms with Crippen molar-refractivity contribution in [3.05, 3.63) is 0 Å². The minimum absolute atomic E-state index is 0.0636. The quantitative estimate of drug-likeness (QED) is 0.621. The lowest BCUT2D eigenvalue weighted by molar-refractivity contribution is -0.0250. The summed E-state index contributed by atoms with van der Waals surface area (Å²) in [7, 11) is 0. The van der Waals surface area contributed by atoms with Gasteiger partial charge in [-0.1, -0.05) is 29.8 Å². The minimum Gasteiger partial charge on any atom is -0.376 e. The molecule has 1 atom stereocenters. The maximum absolute atomic E-state index is 5.78. The van der Waals surface area contributed by atoms with Gasteiger partial charge in [-0.3, -0.25) is 0 Å². The molecule has 80 valence electrons. The number of halogens is 1. The third-order valence-corrected chi connectivity index (χ3v) is 3.01. The molecule has 0 aliphatic rings. The summed E-state index contributed by atoms with van der Waals surface area (Å²) in [4.78, 5) is 0. The van der Waals surface area contributed by atoms with Crippen molar-refractivity contribution in [3.63, 3.8) is 0 Å². The predicted molar refractivity (Wildman–Crippen MR) is 62.5 cm³/mol. The van der Waals surface area contributed by atoms with Crippen LogP contribution in [0.2, 0.25) is 0 Å². The lowest BCUT2D eigenvalue weighted by Crippen LogP contribution is -2.24. The van der Waals surface area contributed by atoms with Gasteiger partial charge in [0.15, 0.2) is 0 Å². The van der Waals surface area contributed by atoms with E-state index in [9.17, 15) is 0 Å². The second-order valence-electron chi connectivity index (χ2n) is 4.33. The van der Waals surface area contributed by atoms with Crippen LogP contribution in [-0.2, 0) is 4.74 Å². The lowest BCUT2D eigenvalue weighted by Gasteiger charge is -2.24. The smallest absolute Gasteiger partial charge is 0.0623 e. The predicted octanol–water partition coefficient (Wildman–Crippen LogP) is 4.00. The van der Waals surface area contributed by atoms with Crippen molar-refractivity contribution in [2.24, 2.45) is 5.92 Å². The Morgan fingerprint density at radius 1 is 1.31 bits per heavy atom. The molecule has 0 heterocycles. The van der Waals surface area contributed by atoms with Gasteiger partial charge < -0.3 is 4.74 Å². The molecule has 0 bridgehead atoms. The van der Waals surface area contributed by atoms with Gasteiger partial charge in [0.1, 0.15) is 0 Å². The molecule has 13 heavy (non-hydrogen) atoms. The Bertz CT molecular complexity index is 123. The molecule has 0 amide bonds. The molecule has 0 saturated heterocycles. The first-order valence-electron chi connectivity index (χ1n) is 5.21. The van der Waals surface area contributed by atoms with Crippen LogP contribution in [0, 0.1) is 5.92 Å². The van der Waals surface area contributed by atoms with Crippen LogP contribution in [0.5, 0.6) is 0 Å². The molecule has 0 aromatic carbocycles. The number of alkyl halides is 1. The molecule has 0 aliphatic heterocycles. The monoisotopic (exact) mass is 250 g/mol. The summed E-state index contributed by atoms with van der Waals surface area (Å²) in [5, 5.41) is 1.10. The average Bonchev–Trinajstić information content (AvgIpc) is 2.05. The van der Waals surface area contributed by atoms with E-state index in [0.717, 1.165) is 24.3 Å². The van der Waals surface area contributed by atoms with Gasteiger partial charge in [0.2, 0.25) is 0 Å². The third kappa shape index (κ3) is 7.51. The Morgan fingerprint density at radius 3 is 2.38 bits per heavy atom. The Hall–Kier alpha value is 0.440. The van der Waals surface area contributed by atoms with Crippen LogP contribution in [0.4, 0.5) is 0 Å². The Balaban J connectivity index is 3.44. The van der Waals surface area contributed by atoms with E-state index in [0.29, 0.717) is 0 Å². The van der Waals surface area contributed by atoms with Crippen LogP contribution in [-0.4, -0.2) is 17.5 Å². The summed E-state index contributed by atoms with van der Waals surface area (Å²) < 4.78 is 5.78. The van der Waals surface area contributed by atoms with E-state index in [1.807, 2.05) is 0 Å². The van der Waals surface area contributed by atoms with Gasteiger partial charge in [-0.05, 0) is 39.0 Å². The molecule has 0 spiro atoms. The van der Waals surface area contributed by atoms with E-state index in [1.165, 1.54) is 12.8 Å². The van der Waals surface area contributed by atoms with E-state index >= 15 is 0 Å². The molecular formula is C11H23BrO. The number of rotatable bonds is 7. The van der Waals surface area contributed by atoms with Crippen LogP contribution < -0.4 is 0 Å². The summed E-state index contributed by atoms with van der Waals surface area (Å²) >= 11 is 3.45. The first kappa shape index (κ1) is 13.4. The van der Waals surface area contributed by atoms with Gasteiger partial charge >= 0.3 is 0 Å². The number of ether oxygens (including phenoxy) is 1. The standard InChI is InChI=1S/C11H23BrO/c1-5-11(3,4)13-9-7-10(2)6-8-12/h10H,5-9H2,1-4H3. The van der Waals surface area contributed by atoms with Crippen molar-refractivity contribution in [1.29, 1.82) is 0 Å². The lowest BCUT2D eigenvalue weighted by atomic mass is 10.0. The van der Waals surface area contributed by atoms with Gasteiger partial charge in [0, 0.05) is 11.9 Å². The Labute approximate surface area is 91.4 Å². The topological polar surface area (TPSA) is 9.23 Å². The summed E-state index contributed by atoms with van der Waals surface area (Å²) in [6.07, 6.45) is 3.50. The fourth-order valence-corrected chi connectivity index (χ4v) is 1.75. The molecule has 1 nitrogen and oxygen atoms in total. The normalized spacial score (nSPS) is 14.5. The Morgan fingerprint density at radius 2 is 1.92 bits per heavy atom. The second-order valence-corrected chi connectivity index (χ2v) is 5.13. The third-order valence-electron chi connectivity index (χ3n) is 2.56. The van der Waals surface area contributed by atoms with Crippen LogP contribution in [0.25, 0.3) is 0 Å². The molecular weight excluding hydrogens is 228 g/mol. The van der Waals surface area contributed by atoms with Crippen LogP contribution >= 0.6 is 15.9 Å². The van der Waals surface area contributed by atoms with E-state index in [-0.39, 0.29) is 5.60 Å². The van der Waals surface area contributed by atoms with Gasteiger partial charge in [0.05, 0.1) is 5.60 Å². The summed E-state index contributed by atoms with van der Waals surface area (Å²) in [6.45, 7) is 9.66. The van der Waals surface area contributed by atoms with Gasteiger partial charge in [-0.25, -0.2) is 0 Å². The SMILES string of the molecule is CCC(C)(C)OCCC(C)CCBr. The van der Waals surface area contributed by atoms with Crippen molar-refractivity contribution in [1.82, 2.24) is 0 Å². The molecule has 1 unspecified atom stereocenters. The van der Waals surface area contributed by atoms with Crippen LogP contribution in [0.15, 0.2) is 0 Å². The highest BCUT2D eigenvalue weighted by Gasteiger charge is 2.15. The first-order valence-corrected chi connectivity index (χ1v) is 6.34.